The summed E-state index contributed by atoms with van der Waals surface area (Å²) in [7, 11) is 1.59. The van der Waals surface area contributed by atoms with E-state index in [4.69, 9.17) is 9.47 Å². The Kier molecular flexibility index (Phi) is 2.59. The van der Waals surface area contributed by atoms with Gasteiger partial charge in [0, 0.05) is 15.4 Å². The van der Waals surface area contributed by atoms with Crippen LogP contribution in [0.25, 0.3) is 10.9 Å². The van der Waals surface area contributed by atoms with Crippen LogP contribution in [0.15, 0.2) is 22.7 Å². The molecule has 0 atom stereocenters. The molecule has 0 aliphatic carbocycles. The lowest BCUT2D eigenvalue weighted by Gasteiger charge is -2.18. The van der Waals surface area contributed by atoms with Crippen LogP contribution < -0.4 is 10.1 Å². The van der Waals surface area contributed by atoms with Gasteiger partial charge in [0.15, 0.2) is 0 Å². The van der Waals surface area contributed by atoms with E-state index in [9.17, 15) is 4.79 Å². The summed E-state index contributed by atoms with van der Waals surface area (Å²) in [6.07, 6.45) is -0.483. The highest BCUT2D eigenvalue weighted by molar-refractivity contribution is 9.10. The molecule has 18 heavy (non-hydrogen) atoms. The van der Waals surface area contributed by atoms with Crippen LogP contribution in [-0.4, -0.2) is 18.2 Å². The van der Waals surface area contributed by atoms with E-state index in [1.807, 2.05) is 18.2 Å². The SMILES string of the molecule is COc1ccc(Br)c2cc3c(nc12)NC(=O)OC3. The molecule has 0 fully saturated rings. The summed E-state index contributed by atoms with van der Waals surface area (Å²) in [4.78, 5) is 15.6. The standard InChI is InChI=1S/C12H9BrN2O3/c1-17-9-3-2-8(13)7-4-6-5-18-12(16)15-11(6)14-10(7)9/h2-4H,5H2,1H3,(H,14,15,16). The van der Waals surface area contributed by atoms with E-state index in [1.165, 1.54) is 0 Å². The van der Waals surface area contributed by atoms with Crippen molar-refractivity contribution in [2.24, 2.45) is 0 Å². The van der Waals surface area contributed by atoms with Gasteiger partial charge in [-0.1, -0.05) is 15.9 Å². The lowest BCUT2D eigenvalue weighted by Crippen LogP contribution is -2.21. The highest BCUT2D eigenvalue weighted by atomic mass is 79.9. The maximum Gasteiger partial charge on any atom is 0.413 e. The third kappa shape index (κ3) is 1.69. The Hall–Kier alpha value is -1.82. The Morgan fingerprint density at radius 2 is 2.33 bits per heavy atom. The van der Waals surface area contributed by atoms with Crippen LogP contribution in [0.4, 0.5) is 10.6 Å². The number of methoxy groups -OCH3 is 1. The van der Waals surface area contributed by atoms with Crippen LogP contribution >= 0.6 is 15.9 Å². The third-order valence-electron chi connectivity index (χ3n) is 2.77. The molecule has 2 heterocycles. The van der Waals surface area contributed by atoms with Crippen LogP contribution in [0.1, 0.15) is 5.56 Å². The van der Waals surface area contributed by atoms with E-state index in [2.05, 4.69) is 26.2 Å². The van der Waals surface area contributed by atoms with Crippen molar-refractivity contribution < 1.29 is 14.3 Å². The summed E-state index contributed by atoms with van der Waals surface area (Å²) in [5.74, 6) is 1.19. The first-order chi connectivity index (χ1) is 8.69. The van der Waals surface area contributed by atoms with Crippen LogP contribution in [0.2, 0.25) is 0 Å². The van der Waals surface area contributed by atoms with Gasteiger partial charge >= 0.3 is 6.09 Å². The average Bonchev–Trinajstić information content (AvgIpc) is 2.37. The zero-order valence-electron chi connectivity index (χ0n) is 9.49. The Morgan fingerprint density at radius 3 is 3.11 bits per heavy atom. The molecular weight excluding hydrogens is 300 g/mol. The number of hydrogen-bond acceptors (Lipinski definition) is 4. The molecule has 0 radical (unpaired) electrons. The molecule has 0 saturated carbocycles. The first-order valence-corrected chi connectivity index (χ1v) is 6.08. The fraction of sp³-hybridized carbons (Fsp3) is 0.167. The number of cyclic esters (lactones) is 1. The van der Waals surface area contributed by atoms with Gasteiger partial charge in [0.25, 0.3) is 0 Å². The zero-order chi connectivity index (χ0) is 12.7. The Morgan fingerprint density at radius 1 is 1.50 bits per heavy atom. The summed E-state index contributed by atoms with van der Waals surface area (Å²) in [6.45, 7) is 0.230. The average molecular weight is 309 g/mol. The van der Waals surface area contributed by atoms with E-state index in [0.717, 1.165) is 15.4 Å². The van der Waals surface area contributed by atoms with Gasteiger partial charge in [-0.3, -0.25) is 5.32 Å². The first-order valence-electron chi connectivity index (χ1n) is 5.29. The molecular formula is C12H9BrN2O3. The van der Waals surface area contributed by atoms with Gasteiger partial charge in [0.1, 0.15) is 23.7 Å². The van der Waals surface area contributed by atoms with Crippen molar-refractivity contribution in [3.05, 3.63) is 28.2 Å². The van der Waals surface area contributed by atoms with Crippen LogP contribution in [0, 0.1) is 0 Å². The fourth-order valence-electron chi connectivity index (χ4n) is 1.90. The quantitative estimate of drug-likeness (QED) is 0.879. The minimum atomic E-state index is -0.483. The Labute approximate surface area is 111 Å². The molecule has 0 bridgehead atoms. The molecule has 2 aromatic rings. The summed E-state index contributed by atoms with van der Waals surface area (Å²) < 4.78 is 11.1. The highest BCUT2D eigenvalue weighted by Crippen LogP contribution is 2.34. The number of nitrogens with one attached hydrogen (secondary N) is 1. The minimum absolute atomic E-state index is 0.230. The summed E-state index contributed by atoms with van der Waals surface area (Å²) in [5.41, 5.74) is 1.55. The molecule has 0 spiro atoms. The van der Waals surface area contributed by atoms with Crippen molar-refractivity contribution in [1.82, 2.24) is 4.98 Å². The molecule has 92 valence electrons. The van der Waals surface area contributed by atoms with Crippen molar-refractivity contribution in [1.29, 1.82) is 0 Å². The smallest absolute Gasteiger partial charge is 0.413 e. The van der Waals surface area contributed by atoms with Gasteiger partial charge in [0.05, 0.1) is 7.11 Å². The number of carbonyl (C=O) groups excluding carboxylic acids is 1. The molecule has 5 nitrogen and oxygen atoms in total. The number of benzene rings is 1. The summed E-state index contributed by atoms with van der Waals surface area (Å²) in [6, 6.07) is 5.66. The number of rotatable bonds is 1. The van der Waals surface area contributed by atoms with Gasteiger partial charge < -0.3 is 9.47 Å². The van der Waals surface area contributed by atoms with Crippen molar-refractivity contribution in [3.63, 3.8) is 0 Å². The normalized spacial score (nSPS) is 13.8. The van der Waals surface area contributed by atoms with Crippen molar-refractivity contribution in [3.8, 4) is 5.75 Å². The molecule has 1 amide bonds. The second-order valence-electron chi connectivity index (χ2n) is 3.84. The zero-order valence-corrected chi connectivity index (χ0v) is 11.1. The largest absolute Gasteiger partial charge is 0.494 e. The van der Waals surface area contributed by atoms with E-state index < -0.39 is 6.09 Å². The summed E-state index contributed by atoms with van der Waals surface area (Å²) >= 11 is 3.48. The van der Waals surface area contributed by atoms with Gasteiger partial charge in [-0.15, -0.1) is 0 Å². The molecule has 0 saturated heterocycles. The van der Waals surface area contributed by atoms with Crippen LogP contribution in [-0.2, 0) is 11.3 Å². The number of fused-ring (bicyclic) bond motifs is 2. The first kappa shape index (κ1) is 11.3. The molecule has 1 aromatic carbocycles. The molecule has 6 heteroatoms. The van der Waals surface area contributed by atoms with E-state index in [1.54, 1.807) is 7.11 Å². The second-order valence-corrected chi connectivity index (χ2v) is 4.70. The number of halogens is 1. The molecule has 0 unspecified atom stereocenters. The van der Waals surface area contributed by atoms with Crippen LogP contribution in [0.5, 0.6) is 5.75 Å². The monoisotopic (exact) mass is 308 g/mol. The van der Waals surface area contributed by atoms with E-state index in [-0.39, 0.29) is 6.61 Å². The van der Waals surface area contributed by atoms with Crippen LogP contribution in [0.3, 0.4) is 0 Å². The third-order valence-corrected chi connectivity index (χ3v) is 3.46. The number of pyridine rings is 1. The number of amides is 1. The number of aromatic nitrogens is 1. The Bertz CT molecular complexity index is 657. The maximum atomic E-state index is 11.2. The van der Waals surface area contributed by atoms with Crippen molar-refractivity contribution in [2.45, 2.75) is 6.61 Å². The molecule has 1 aromatic heterocycles. The van der Waals surface area contributed by atoms with Crippen molar-refractivity contribution >= 4 is 38.7 Å². The number of hydrogen-bond donors (Lipinski definition) is 1. The topological polar surface area (TPSA) is 60.5 Å². The summed E-state index contributed by atoms with van der Waals surface area (Å²) in [5, 5.41) is 3.50. The van der Waals surface area contributed by atoms with Gasteiger partial charge in [-0.2, -0.15) is 0 Å². The molecule has 1 aliphatic rings. The van der Waals surface area contributed by atoms with E-state index >= 15 is 0 Å². The maximum absolute atomic E-state index is 11.2. The van der Waals surface area contributed by atoms with Gasteiger partial charge in [-0.05, 0) is 18.2 Å². The number of ether oxygens (including phenoxy) is 2. The lowest BCUT2D eigenvalue weighted by atomic mass is 10.1. The minimum Gasteiger partial charge on any atom is -0.494 e. The second kappa shape index (κ2) is 4.13. The highest BCUT2D eigenvalue weighted by Gasteiger charge is 2.19. The number of anilines is 1. The predicted octanol–water partition coefficient (Wildman–Crippen LogP) is 3.07. The van der Waals surface area contributed by atoms with Gasteiger partial charge in [0.2, 0.25) is 0 Å². The fourth-order valence-corrected chi connectivity index (χ4v) is 2.34. The molecule has 1 aliphatic heterocycles. The van der Waals surface area contributed by atoms with Crippen molar-refractivity contribution in [2.75, 3.05) is 12.4 Å². The Balaban J connectivity index is 2.30. The number of carbonyl (C=O) groups is 1. The van der Waals surface area contributed by atoms with Gasteiger partial charge in [-0.25, -0.2) is 9.78 Å². The molecule has 3 rings (SSSR count). The lowest BCUT2D eigenvalue weighted by molar-refractivity contribution is 0.151. The molecule has 1 N–H and O–H groups in total. The number of nitrogens with zero attached hydrogens (tertiary/aromatic N) is 1. The van der Waals surface area contributed by atoms with E-state index in [0.29, 0.717) is 17.1 Å². The predicted molar refractivity (Wildman–Crippen MR) is 69.8 cm³/mol.